The summed E-state index contributed by atoms with van der Waals surface area (Å²) < 4.78 is 27.9. The van der Waals surface area contributed by atoms with E-state index >= 15 is 0 Å². The summed E-state index contributed by atoms with van der Waals surface area (Å²) >= 11 is 3.57. The van der Waals surface area contributed by atoms with Crippen molar-refractivity contribution in [3.8, 4) is 11.5 Å². The van der Waals surface area contributed by atoms with E-state index in [1.54, 1.807) is 6.08 Å². The van der Waals surface area contributed by atoms with Crippen LogP contribution in [0.3, 0.4) is 0 Å². The van der Waals surface area contributed by atoms with Gasteiger partial charge in [-0.15, -0.1) is 0 Å². The average molecular weight is 808 g/mol. The zero-order valence-electron chi connectivity index (χ0n) is 31.8. The van der Waals surface area contributed by atoms with Gasteiger partial charge in [0.2, 0.25) is 0 Å². The molecule has 0 radical (unpaired) electrons. The van der Waals surface area contributed by atoms with Crippen LogP contribution in [0.5, 0.6) is 11.5 Å². The van der Waals surface area contributed by atoms with Gasteiger partial charge in [-0.25, -0.2) is 9.59 Å². The first kappa shape index (κ1) is 42.7. The van der Waals surface area contributed by atoms with E-state index in [4.69, 9.17) is 24.0 Å². The number of allylic oxidation sites excluding steroid dienone is 4. The molecule has 2 aliphatic rings. The largest absolute Gasteiger partial charge is 0.507 e. The van der Waals surface area contributed by atoms with E-state index < -0.39 is 21.6 Å². The van der Waals surface area contributed by atoms with Crippen molar-refractivity contribution in [2.75, 3.05) is 18.1 Å². The lowest BCUT2D eigenvalue weighted by Crippen LogP contribution is -2.23. The fourth-order valence-corrected chi connectivity index (χ4v) is 8.87. The Hall–Kier alpha value is -2.69. The maximum absolute atomic E-state index is 12.5. The molecule has 0 unspecified atom stereocenters. The summed E-state index contributed by atoms with van der Waals surface area (Å²) in [6.07, 6.45) is 7.98. The molecule has 51 heavy (non-hydrogen) atoms. The Bertz CT molecular complexity index is 1730. The molecule has 2 heterocycles. The SMILES string of the molecule is CC/C(=C\Cc1c(CC)c(C)c2c(c1OCC[Si](C)(C)C)C(=O)OC2)CBr.CC/C(=C\Cc1c(O)c2c(c(C)c1CC)COC2=O)CP(=O)(O)O. The summed E-state index contributed by atoms with van der Waals surface area (Å²) in [6, 6.07) is 1.07. The van der Waals surface area contributed by atoms with Crippen molar-refractivity contribution >= 4 is 43.5 Å². The number of hydrogen-bond donors (Lipinski definition) is 3. The molecule has 0 amide bonds. The Labute approximate surface area is 313 Å². The highest BCUT2D eigenvalue weighted by atomic mass is 79.9. The highest BCUT2D eigenvalue weighted by molar-refractivity contribution is 9.09. The summed E-state index contributed by atoms with van der Waals surface area (Å²) in [5.74, 6) is -0.0584. The van der Waals surface area contributed by atoms with Crippen LogP contribution in [0.15, 0.2) is 23.3 Å². The van der Waals surface area contributed by atoms with Gasteiger partial charge in [-0.3, -0.25) is 4.57 Å². The highest BCUT2D eigenvalue weighted by Crippen LogP contribution is 2.41. The number of alkyl halides is 1. The highest BCUT2D eigenvalue weighted by Gasteiger charge is 2.33. The van der Waals surface area contributed by atoms with Gasteiger partial charge in [-0.1, -0.05) is 86.6 Å². The number of phenols is 1. The number of benzene rings is 2. The number of carbonyl (C=O) groups excluding carboxylic acids is 2. The van der Waals surface area contributed by atoms with Gasteiger partial charge in [-0.2, -0.15) is 0 Å². The van der Waals surface area contributed by atoms with Gasteiger partial charge in [0.1, 0.15) is 35.8 Å². The van der Waals surface area contributed by atoms with Crippen LogP contribution in [-0.2, 0) is 52.9 Å². The van der Waals surface area contributed by atoms with Crippen LogP contribution in [-0.4, -0.2) is 53.0 Å². The molecule has 9 nitrogen and oxygen atoms in total. The maximum Gasteiger partial charge on any atom is 0.342 e. The van der Waals surface area contributed by atoms with Crippen molar-refractivity contribution in [3.63, 3.8) is 0 Å². The molecule has 0 spiro atoms. The number of esters is 2. The van der Waals surface area contributed by atoms with Gasteiger partial charge in [0, 0.05) is 35.7 Å². The monoisotopic (exact) mass is 806 g/mol. The quantitative estimate of drug-likeness (QED) is 0.0529. The summed E-state index contributed by atoms with van der Waals surface area (Å²) in [4.78, 5) is 42.6. The molecule has 0 aromatic heterocycles. The topological polar surface area (TPSA) is 140 Å². The third-order valence-corrected chi connectivity index (χ3v) is 13.0. The Morgan fingerprint density at radius 1 is 0.824 bits per heavy atom. The molecule has 0 atom stereocenters. The lowest BCUT2D eigenvalue weighted by molar-refractivity contribution is 0.0523. The molecule has 2 aliphatic heterocycles. The number of ether oxygens (including phenoxy) is 3. The van der Waals surface area contributed by atoms with Crippen molar-refractivity contribution in [1.82, 2.24) is 0 Å². The minimum atomic E-state index is -4.13. The Morgan fingerprint density at radius 3 is 1.80 bits per heavy atom. The number of fused-ring (bicyclic) bond motifs is 2. The Morgan fingerprint density at radius 2 is 1.31 bits per heavy atom. The van der Waals surface area contributed by atoms with Gasteiger partial charge in [0.25, 0.3) is 0 Å². The molecule has 12 heteroatoms. The third kappa shape index (κ3) is 10.7. The van der Waals surface area contributed by atoms with E-state index in [9.17, 15) is 19.3 Å². The first-order valence-corrected chi connectivity index (χ1v) is 24.5. The van der Waals surface area contributed by atoms with E-state index in [0.717, 1.165) is 64.2 Å². The predicted molar refractivity (Wildman–Crippen MR) is 210 cm³/mol. The third-order valence-electron chi connectivity index (χ3n) is 9.75. The summed E-state index contributed by atoms with van der Waals surface area (Å²) in [6.45, 7) is 20.4. The smallest absolute Gasteiger partial charge is 0.342 e. The fraction of sp³-hybridized carbons (Fsp3) is 0.538. The van der Waals surface area contributed by atoms with Crippen LogP contribution < -0.4 is 4.74 Å². The lowest BCUT2D eigenvalue weighted by Gasteiger charge is -2.22. The summed E-state index contributed by atoms with van der Waals surface area (Å²) in [7, 11) is -5.34. The van der Waals surface area contributed by atoms with Gasteiger partial charge >= 0.3 is 19.5 Å². The van der Waals surface area contributed by atoms with Crippen LogP contribution in [0.2, 0.25) is 25.7 Å². The lowest BCUT2D eigenvalue weighted by atomic mass is 9.89. The van der Waals surface area contributed by atoms with Crippen LogP contribution >= 0.6 is 23.5 Å². The fourth-order valence-electron chi connectivity index (χ4n) is 6.65. The van der Waals surface area contributed by atoms with E-state index in [-0.39, 0.29) is 30.1 Å². The number of phenolic OH excluding ortho intramolecular Hbond substituents is 1. The minimum Gasteiger partial charge on any atom is -0.507 e. The van der Waals surface area contributed by atoms with E-state index in [1.165, 1.54) is 16.7 Å². The zero-order valence-corrected chi connectivity index (χ0v) is 35.2. The normalized spacial score (nSPS) is 14.5. The van der Waals surface area contributed by atoms with Crippen LogP contribution in [0.4, 0.5) is 0 Å². The molecule has 0 fully saturated rings. The molecule has 0 bridgehead atoms. The minimum absolute atomic E-state index is 0.0715. The molecule has 282 valence electrons. The number of carbonyl (C=O) groups is 2. The number of hydrogen-bond acceptors (Lipinski definition) is 7. The van der Waals surface area contributed by atoms with Gasteiger partial charge in [0.05, 0.1) is 12.8 Å². The molecule has 0 saturated carbocycles. The first-order valence-electron chi connectivity index (χ1n) is 17.9. The van der Waals surface area contributed by atoms with Gasteiger partial charge < -0.3 is 29.1 Å². The van der Waals surface area contributed by atoms with Crippen LogP contribution in [0.25, 0.3) is 0 Å². The van der Waals surface area contributed by atoms with Gasteiger partial charge in [0.15, 0.2) is 0 Å². The first-order chi connectivity index (χ1) is 23.9. The second-order valence-corrected chi connectivity index (χ2v) is 22.2. The van der Waals surface area contributed by atoms with E-state index in [0.29, 0.717) is 49.2 Å². The van der Waals surface area contributed by atoms with E-state index in [1.807, 2.05) is 20.8 Å². The number of halogens is 1. The molecule has 3 N–H and O–H groups in total. The number of aromatic hydroxyl groups is 1. The second-order valence-electron chi connectivity index (χ2n) is 14.4. The molecule has 2 aromatic carbocycles. The standard InChI is InChI=1S/C22H33BrO3Si.C17H23O6P/c1-7-16(13-23)9-10-18-17(8-2)15(3)19-14-26-22(24)20(19)21(18)25-11-12-27(4,5)6;1-4-11(9-24(20,21)22)6-7-13-12(5-2)10(3)14-8-23-17(19)15(14)16(13)18/h9H,7-8,10-14H2,1-6H3;6,18H,4-5,7-9H2,1-3H3,(H2,20,21,22)/b16-9+;11-6+. The Kier molecular flexibility index (Phi) is 15.4. The zero-order chi connectivity index (χ0) is 38.3. The van der Waals surface area contributed by atoms with Crippen LogP contribution in [0, 0.1) is 13.8 Å². The molecule has 0 saturated heterocycles. The van der Waals surface area contributed by atoms with Crippen LogP contribution in [0.1, 0.15) is 106 Å². The predicted octanol–water partition coefficient (Wildman–Crippen LogP) is 9.21. The molecule has 0 aliphatic carbocycles. The molecule has 2 aromatic rings. The van der Waals surface area contributed by atoms with Crippen molar-refractivity contribution in [1.29, 1.82) is 0 Å². The summed E-state index contributed by atoms with van der Waals surface area (Å²) in [5.41, 5.74) is 10.8. The van der Waals surface area contributed by atoms with Crippen molar-refractivity contribution in [3.05, 3.63) is 78.9 Å². The number of rotatable bonds is 15. The molecule has 4 rings (SSSR count). The average Bonchev–Trinajstić information content (AvgIpc) is 3.65. The Balaban J connectivity index is 0.000000277. The second kappa shape index (κ2) is 18.4. The van der Waals surface area contributed by atoms with Crippen molar-refractivity contribution < 1.29 is 43.3 Å². The van der Waals surface area contributed by atoms with E-state index in [2.05, 4.69) is 62.4 Å². The molecular formula is C39H56BrO9PSi. The maximum atomic E-state index is 12.5. The molecular weight excluding hydrogens is 751 g/mol. The van der Waals surface area contributed by atoms with Crippen molar-refractivity contribution in [2.45, 2.75) is 119 Å². The number of cyclic esters (lactones) is 2. The van der Waals surface area contributed by atoms with Crippen molar-refractivity contribution in [2.24, 2.45) is 0 Å². The van der Waals surface area contributed by atoms with Gasteiger partial charge in [-0.05, 0) is 80.7 Å². The summed E-state index contributed by atoms with van der Waals surface area (Å²) in [5, 5.41) is 11.4.